The topological polar surface area (TPSA) is 78.9 Å². The fourth-order valence-electron chi connectivity index (χ4n) is 2.62. The van der Waals surface area contributed by atoms with Crippen LogP contribution < -0.4 is 5.32 Å². The van der Waals surface area contributed by atoms with Crippen molar-refractivity contribution in [2.45, 2.75) is 51.6 Å². The average molecular weight is 286 g/mol. The molecule has 6 nitrogen and oxygen atoms in total. The second-order valence-corrected chi connectivity index (χ2v) is 5.57. The molecule has 0 aromatic carbocycles. The predicted molar refractivity (Wildman–Crippen MR) is 75.6 cm³/mol. The van der Waals surface area contributed by atoms with Gasteiger partial charge in [0.1, 0.15) is 0 Å². The first-order valence-electron chi connectivity index (χ1n) is 7.26. The summed E-state index contributed by atoms with van der Waals surface area (Å²) in [5.74, 6) is -1.29. The number of carboxylic acid groups (broad SMARTS) is 1. The first-order valence-corrected chi connectivity index (χ1v) is 7.26. The van der Waals surface area contributed by atoms with E-state index < -0.39 is 11.9 Å². The van der Waals surface area contributed by atoms with Gasteiger partial charge in [-0.1, -0.05) is 12.8 Å². The van der Waals surface area contributed by atoms with Gasteiger partial charge < -0.3 is 20.1 Å². The Morgan fingerprint density at radius 3 is 2.55 bits per heavy atom. The molecule has 2 atom stereocenters. The molecule has 0 bridgehead atoms. The average Bonchev–Trinajstić information content (AvgIpc) is 2.39. The fourth-order valence-corrected chi connectivity index (χ4v) is 2.62. The van der Waals surface area contributed by atoms with E-state index in [2.05, 4.69) is 5.32 Å². The minimum Gasteiger partial charge on any atom is -0.481 e. The number of amides is 2. The molecule has 1 aliphatic carbocycles. The molecule has 116 valence electrons. The van der Waals surface area contributed by atoms with Crippen LogP contribution in [0.4, 0.5) is 4.79 Å². The van der Waals surface area contributed by atoms with Gasteiger partial charge in [-0.25, -0.2) is 4.79 Å². The number of aliphatic carboxylic acids is 1. The molecule has 0 radical (unpaired) electrons. The summed E-state index contributed by atoms with van der Waals surface area (Å²) in [6.45, 7) is 4.85. The van der Waals surface area contributed by atoms with Gasteiger partial charge in [-0.15, -0.1) is 0 Å². The first kappa shape index (κ1) is 16.8. The van der Waals surface area contributed by atoms with Crippen LogP contribution in [0, 0.1) is 5.92 Å². The maximum atomic E-state index is 12.3. The molecule has 0 aromatic rings. The molecular weight excluding hydrogens is 260 g/mol. The number of urea groups is 1. The molecule has 2 amide bonds. The van der Waals surface area contributed by atoms with Crippen LogP contribution in [0.15, 0.2) is 0 Å². The van der Waals surface area contributed by atoms with E-state index in [1.807, 2.05) is 13.8 Å². The van der Waals surface area contributed by atoms with E-state index in [4.69, 9.17) is 4.74 Å². The monoisotopic (exact) mass is 286 g/mol. The number of carboxylic acids is 1. The van der Waals surface area contributed by atoms with Crippen LogP contribution in [0.3, 0.4) is 0 Å². The summed E-state index contributed by atoms with van der Waals surface area (Å²) in [5, 5.41) is 12.1. The van der Waals surface area contributed by atoms with Crippen molar-refractivity contribution < 1.29 is 19.4 Å². The number of hydrogen-bond donors (Lipinski definition) is 2. The molecule has 20 heavy (non-hydrogen) atoms. The summed E-state index contributed by atoms with van der Waals surface area (Å²) < 4.78 is 5.01. The third kappa shape index (κ3) is 4.67. The van der Waals surface area contributed by atoms with Gasteiger partial charge >= 0.3 is 12.0 Å². The molecule has 2 N–H and O–H groups in total. The Hall–Kier alpha value is -1.30. The number of rotatable bonds is 6. The molecule has 1 fully saturated rings. The van der Waals surface area contributed by atoms with E-state index in [1.54, 1.807) is 12.0 Å². The van der Waals surface area contributed by atoms with Crippen molar-refractivity contribution in [3.8, 4) is 0 Å². The van der Waals surface area contributed by atoms with E-state index in [-0.39, 0.29) is 18.1 Å². The van der Waals surface area contributed by atoms with E-state index >= 15 is 0 Å². The third-order valence-corrected chi connectivity index (χ3v) is 3.81. The number of nitrogens with zero attached hydrogens (tertiary/aromatic N) is 1. The Bertz CT molecular complexity index is 333. The smallest absolute Gasteiger partial charge is 0.317 e. The Kier molecular flexibility index (Phi) is 6.78. The van der Waals surface area contributed by atoms with Crippen LogP contribution in [0.2, 0.25) is 0 Å². The highest BCUT2D eigenvalue weighted by molar-refractivity contribution is 5.77. The van der Waals surface area contributed by atoms with Crippen molar-refractivity contribution in [3.05, 3.63) is 0 Å². The first-order chi connectivity index (χ1) is 9.47. The number of carbonyl (C=O) groups excluding carboxylic acids is 1. The van der Waals surface area contributed by atoms with E-state index in [9.17, 15) is 14.7 Å². The Balaban J connectivity index is 2.63. The van der Waals surface area contributed by atoms with Crippen molar-refractivity contribution in [2.75, 3.05) is 20.3 Å². The maximum Gasteiger partial charge on any atom is 0.317 e. The highest BCUT2D eigenvalue weighted by Crippen LogP contribution is 2.24. The molecule has 0 saturated heterocycles. The lowest BCUT2D eigenvalue weighted by Crippen LogP contribution is -2.52. The molecule has 1 saturated carbocycles. The van der Waals surface area contributed by atoms with Gasteiger partial charge in [-0.2, -0.15) is 0 Å². The van der Waals surface area contributed by atoms with Crippen LogP contribution in [-0.2, 0) is 9.53 Å². The summed E-state index contributed by atoms with van der Waals surface area (Å²) in [5.41, 5.74) is 0. The Morgan fingerprint density at radius 2 is 2.00 bits per heavy atom. The van der Waals surface area contributed by atoms with E-state index in [0.717, 1.165) is 19.3 Å². The van der Waals surface area contributed by atoms with Crippen molar-refractivity contribution >= 4 is 12.0 Å². The lowest BCUT2D eigenvalue weighted by atomic mass is 9.84. The lowest BCUT2D eigenvalue weighted by Gasteiger charge is -2.33. The van der Waals surface area contributed by atoms with Gasteiger partial charge in [0, 0.05) is 25.7 Å². The second-order valence-electron chi connectivity index (χ2n) is 5.57. The summed E-state index contributed by atoms with van der Waals surface area (Å²) in [6, 6.07) is -0.412. The Morgan fingerprint density at radius 1 is 1.35 bits per heavy atom. The highest BCUT2D eigenvalue weighted by atomic mass is 16.5. The lowest BCUT2D eigenvalue weighted by molar-refractivity contribution is -0.143. The largest absolute Gasteiger partial charge is 0.481 e. The molecule has 0 spiro atoms. The molecule has 6 heteroatoms. The van der Waals surface area contributed by atoms with E-state index in [1.165, 1.54) is 0 Å². The standard InChI is InChI=1S/C14H26N2O4/c1-10(2)16(8-9-20-3)14(19)15-12-7-5-4-6-11(12)13(17)18/h10-12H,4-9H2,1-3H3,(H,15,19)(H,17,18). The third-order valence-electron chi connectivity index (χ3n) is 3.81. The summed E-state index contributed by atoms with van der Waals surface area (Å²) in [7, 11) is 1.60. The minimum atomic E-state index is -0.817. The van der Waals surface area contributed by atoms with Crippen LogP contribution >= 0.6 is 0 Å². The second kappa shape index (κ2) is 8.09. The number of methoxy groups -OCH3 is 1. The summed E-state index contributed by atoms with van der Waals surface area (Å²) in [6.07, 6.45) is 3.26. The number of carbonyl (C=O) groups is 2. The van der Waals surface area contributed by atoms with Crippen LogP contribution in [0.5, 0.6) is 0 Å². The van der Waals surface area contributed by atoms with Crippen LogP contribution in [0.1, 0.15) is 39.5 Å². The predicted octanol–water partition coefficient (Wildman–Crippen LogP) is 1.70. The van der Waals surface area contributed by atoms with Crippen LogP contribution in [-0.4, -0.2) is 54.4 Å². The molecule has 2 unspecified atom stereocenters. The van der Waals surface area contributed by atoms with Gasteiger partial charge in [0.15, 0.2) is 0 Å². The molecule has 0 aliphatic heterocycles. The van der Waals surface area contributed by atoms with Gasteiger partial charge in [-0.05, 0) is 26.7 Å². The van der Waals surface area contributed by atoms with Crippen molar-refractivity contribution in [1.82, 2.24) is 10.2 Å². The van der Waals surface area contributed by atoms with Crippen molar-refractivity contribution in [1.29, 1.82) is 0 Å². The van der Waals surface area contributed by atoms with Gasteiger partial charge in [0.2, 0.25) is 0 Å². The zero-order valence-corrected chi connectivity index (χ0v) is 12.6. The quantitative estimate of drug-likeness (QED) is 0.779. The van der Waals surface area contributed by atoms with E-state index in [0.29, 0.717) is 19.6 Å². The van der Waals surface area contributed by atoms with Gasteiger partial charge in [0.25, 0.3) is 0 Å². The SMILES string of the molecule is COCCN(C(=O)NC1CCCCC1C(=O)O)C(C)C. The molecule has 0 heterocycles. The zero-order valence-electron chi connectivity index (χ0n) is 12.6. The van der Waals surface area contributed by atoms with Gasteiger partial charge in [0.05, 0.1) is 12.5 Å². The maximum absolute atomic E-state index is 12.3. The number of ether oxygens (including phenoxy) is 1. The highest BCUT2D eigenvalue weighted by Gasteiger charge is 2.33. The van der Waals surface area contributed by atoms with Crippen molar-refractivity contribution in [3.63, 3.8) is 0 Å². The number of hydrogen-bond acceptors (Lipinski definition) is 3. The van der Waals surface area contributed by atoms with Crippen molar-refractivity contribution in [2.24, 2.45) is 5.92 Å². The minimum absolute atomic E-state index is 0.0528. The Labute approximate surface area is 120 Å². The summed E-state index contributed by atoms with van der Waals surface area (Å²) in [4.78, 5) is 25.2. The van der Waals surface area contributed by atoms with Gasteiger partial charge in [-0.3, -0.25) is 4.79 Å². The normalized spacial score (nSPS) is 22.6. The van der Waals surface area contributed by atoms with Crippen LogP contribution in [0.25, 0.3) is 0 Å². The molecule has 1 aliphatic rings. The zero-order chi connectivity index (χ0) is 15.1. The number of nitrogens with one attached hydrogen (secondary N) is 1. The molecular formula is C14H26N2O4. The fraction of sp³-hybridized carbons (Fsp3) is 0.857. The summed E-state index contributed by atoms with van der Waals surface area (Å²) >= 11 is 0. The molecule has 1 rings (SSSR count). The molecule has 0 aromatic heterocycles.